The summed E-state index contributed by atoms with van der Waals surface area (Å²) in [7, 11) is 0. The van der Waals surface area contributed by atoms with Crippen LogP contribution in [0.15, 0.2) is 4.52 Å². The number of aromatic nitrogens is 2. The highest BCUT2D eigenvalue weighted by Gasteiger charge is 2.30. The molecule has 0 amide bonds. The molecule has 2 atom stereocenters. The number of ether oxygens (including phenoxy) is 1. The monoisotopic (exact) mass is 267 g/mol. The summed E-state index contributed by atoms with van der Waals surface area (Å²) in [5, 5.41) is 7.62. The molecule has 1 aliphatic carbocycles. The molecule has 5 heteroatoms. The van der Waals surface area contributed by atoms with Crippen molar-refractivity contribution >= 4 is 0 Å². The van der Waals surface area contributed by atoms with Gasteiger partial charge in [-0.05, 0) is 32.7 Å². The second-order valence-corrected chi connectivity index (χ2v) is 5.14. The van der Waals surface area contributed by atoms with Crippen LogP contribution in [0.4, 0.5) is 0 Å². The lowest BCUT2D eigenvalue weighted by Gasteiger charge is -2.29. The van der Waals surface area contributed by atoms with Gasteiger partial charge in [0.15, 0.2) is 5.82 Å². The van der Waals surface area contributed by atoms with Crippen LogP contribution in [0.2, 0.25) is 0 Å². The fourth-order valence-corrected chi connectivity index (χ4v) is 2.67. The van der Waals surface area contributed by atoms with E-state index in [-0.39, 0.29) is 0 Å². The zero-order valence-electron chi connectivity index (χ0n) is 12.0. The smallest absolute Gasteiger partial charge is 0.231 e. The van der Waals surface area contributed by atoms with Crippen LogP contribution in [0.3, 0.4) is 0 Å². The minimum absolute atomic E-state index is 0.364. The molecule has 108 valence electrons. The molecule has 0 bridgehead atoms. The molecule has 0 radical (unpaired) electrons. The van der Waals surface area contributed by atoms with Gasteiger partial charge in [-0.25, -0.2) is 0 Å². The van der Waals surface area contributed by atoms with Gasteiger partial charge < -0.3 is 14.6 Å². The Bertz CT molecular complexity index is 367. The van der Waals surface area contributed by atoms with Gasteiger partial charge in [0, 0.05) is 12.6 Å². The molecule has 2 unspecified atom stereocenters. The van der Waals surface area contributed by atoms with Gasteiger partial charge in [-0.1, -0.05) is 24.9 Å². The van der Waals surface area contributed by atoms with Gasteiger partial charge in [-0.15, -0.1) is 0 Å². The van der Waals surface area contributed by atoms with E-state index in [1.165, 1.54) is 19.3 Å². The minimum atomic E-state index is 0.364. The molecule has 1 saturated carbocycles. The van der Waals surface area contributed by atoms with Crippen molar-refractivity contribution < 1.29 is 9.26 Å². The average molecular weight is 267 g/mol. The van der Waals surface area contributed by atoms with Gasteiger partial charge >= 0.3 is 0 Å². The molecule has 0 aromatic carbocycles. The van der Waals surface area contributed by atoms with E-state index in [0.717, 1.165) is 25.3 Å². The molecular weight excluding hydrogens is 242 g/mol. The maximum atomic E-state index is 5.43. The summed E-state index contributed by atoms with van der Waals surface area (Å²) in [6, 6.07) is 0.481. The van der Waals surface area contributed by atoms with Crippen LogP contribution in [0, 0.1) is 0 Å². The molecule has 1 aliphatic rings. The molecule has 1 heterocycles. The van der Waals surface area contributed by atoms with E-state index in [1.807, 2.05) is 6.92 Å². The van der Waals surface area contributed by atoms with E-state index < -0.39 is 0 Å². The summed E-state index contributed by atoms with van der Waals surface area (Å²) >= 11 is 0. The van der Waals surface area contributed by atoms with Crippen molar-refractivity contribution in [2.24, 2.45) is 0 Å². The highest BCUT2D eigenvalue weighted by Crippen LogP contribution is 2.32. The topological polar surface area (TPSA) is 60.2 Å². The Kier molecular flexibility index (Phi) is 5.79. The van der Waals surface area contributed by atoms with Crippen molar-refractivity contribution in [3.63, 3.8) is 0 Å². The second-order valence-electron chi connectivity index (χ2n) is 5.14. The van der Waals surface area contributed by atoms with E-state index in [4.69, 9.17) is 9.26 Å². The molecule has 1 fully saturated rings. The van der Waals surface area contributed by atoms with Crippen molar-refractivity contribution in [2.75, 3.05) is 13.2 Å². The van der Waals surface area contributed by atoms with E-state index in [2.05, 4.69) is 22.4 Å². The number of hydrogen-bond donors (Lipinski definition) is 1. The largest absolute Gasteiger partial charge is 0.374 e. The highest BCUT2D eigenvalue weighted by atomic mass is 16.5. The first-order chi connectivity index (χ1) is 9.35. The molecule has 0 aliphatic heterocycles. The summed E-state index contributed by atoms with van der Waals surface area (Å²) < 4.78 is 10.7. The van der Waals surface area contributed by atoms with Crippen LogP contribution in [-0.2, 0) is 11.3 Å². The van der Waals surface area contributed by atoms with Crippen LogP contribution in [-0.4, -0.2) is 29.3 Å². The van der Waals surface area contributed by atoms with Crippen molar-refractivity contribution in [3.05, 3.63) is 11.7 Å². The number of nitrogens with one attached hydrogen (secondary N) is 1. The molecule has 0 saturated heterocycles. The summed E-state index contributed by atoms with van der Waals surface area (Å²) in [4.78, 5) is 4.49. The van der Waals surface area contributed by atoms with Gasteiger partial charge in [0.1, 0.15) is 6.61 Å². The van der Waals surface area contributed by atoms with Crippen molar-refractivity contribution in [3.8, 4) is 0 Å². The lowest BCUT2D eigenvalue weighted by atomic mass is 9.84. The third kappa shape index (κ3) is 4.01. The molecule has 19 heavy (non-hydrogen) atoms. The molecule has 1 N–H and O–H groups in total. The highest BCUT2D eigenvalue weighted by molar-refractivity contribution is 5.01. The lowest BCUT2D eigenvalue weighted by molar-refractivity contribution is 0.126. The van der Waals surface area contributed by atoms with Crippen LogP contribution in [0.25, 0.3) is 0 Å². The Balaban J connectivity index is 1.98. The number of hydrogen-bond acceptors (Lipinski definition) is 5. The first-order valence-electron chi connectivity index (χ1n) is 7.48. The summed E-state index contributed by atoms with van der Waals surface area (Å²) in [5.74, 6) is 1.81. The summed E-state index contributed by atoms with van der Waals surface area (Å²) in [5.41, 5.74) is 0. The predicted octanol–water partition coefficient (Wildman–Crippen LogP) is 2.63. The lowest BCUT2D eigenvalue weighted by Crippen LogP contribution is -2.37. The maximum Gasteiger partial charge on any atom is 0.231 e. The molecule has 5 nitrogen and oxygen atoms in total. The first-order valence-corrected chi connectivity index (χ1v) is 7.48. The molecule has 0 spiro atoms. The molecule has 1 aromatic heterocycles. The van der Waals surface area contributed by atoms with Gasteiger partial charge in [0.2, 0.25) is 5.89 Å². The minimum Gasteiger partial charge on any atom is -0.374 e. The summed E-state index contributed by atoms with van der Waals surface area (Å²) in [6.45, 7) is 6.33. The van der Waals surface area contributed by atoms with E-state index in [1.54, 1.807) is 0 Å². The Morgan fingerprint density at radius 2 is 2.16 bits per heavy atom. The Morgan fingerprint density at radius 3 is 2.95 bits per heavy atom. The van der Waals surface area contributed by atoms with Gasteiger partial charge in [0.25, 0.3) is 0 Å². The van der Waals surface area contributed by atoms with Crippen LogP contribution in [0.1, 0.15) is 63.6 Å². The second kappa shape index (κ2) is 7.60. The maximum absolute atomic E-state index is 5.43. The van der Waals surface area contributed by atoms with Gasteiger partial charge in [-0.3, -0.25) is 0 Å². The first kappa shape index (κ1) is 14.5. The molecule has 2 rings (SSSR count). The Hall–Kier alpha value is -0.940. The predicted molar refractivity (Wildman–Crippen MR) is 72.9 cm³/mol. The standard InChI is InChI=1S/C14H25N3O2/c1-3-9-15-12-8-6-5-7-11(12)14-16-13(17-19-14)10-18-4-2/h11-12,15H,3-10H2,1-2H3. The van der Waals surface area contributed by atoms with Crippen molar-refractivity contribution in [1.82, 2.24) is 15.5 Å². The van der Waals surface area contributed by atoms with Gasteiger partial charge in [-0.2, -0.15) is 4.98 Å². The Morgan fingerprint density at radius 1 is 1.32 bits per heavy atom. The Labute approximate surface area is 115 Å². The SMILES string of the molecule is CCCNC1CCCCC1c1nc(COCC)no1. The zero-order chi connectivity index (χ0) is 13.5. The van der Waals surface area contributed by atoms with Crippen LogP contribution in [0.5, 0.6) is 0 Å². The molecular formula is C14H25N3O2. The summed E-state index contributed by atoms with van der Waals surface area (Å²) in [6.07, 6.45) is 6.03. The van der Waals surface area contributed by atoms with E-state index >= 15 is 0 Å². The number of nitrogens with zero attached hydrogens (tertiary/aromatic N) is 2. The third-order valence-electron chi connectivity index (χ3n) is 3.66. The van der Waals surface area contributed by atoms with Gasteiger partial charge in [0.05, 0.1) is 5.92 Å². The quantitative estimate of drug-likeness (QED) is 0.823. The van der Waals surface area contributed by atoms with Crippen molar-refractivity contribution in [2.45, 2.75) is 64.5 Å². The average Bonchev–Trinajstić information content (AvgIpc) is 2.92. The third-order valence-corrected chi connectivity index (χ3v) is 3.66. The van der Waals surface area contributed by atoms with E-state index in [0.29, 0.717) is 31.0 Å². The fourth-order valence-electron chi connectivity index (χ4n) is 2.67. The fraction of sp³-hybridized carbons (Fsp3) is 0.857. The van der Waals surface area contributed by atoms with Crippen LogP contribution >= 0.6 is 0 Å². The van der Waals surface area contributed by atoms with E-state index in [9.17, 15) is 0 Å². The zero-order valence-corrected chi connectivity index (χ0v) is 12.0. The molecule has 1 aromatic rings. The normalized spacial score (nSPS) is 23.7. The van der Waals surface area contributed by atoms with Crippen LogP contribution < -0.4 is 5.32 Å². The number of rotatable bonds is 7. The van der Waals surface area contributed by atoms with Crippen molar-refractivity contribution in [1.29, 1.82) is 0 Å².